The number of halogens is 1. The monoisotopic (exact) mass is 366 g/mol. The van der Waals surface area contributed by atoms with Crippen LogP contribution < -0.4 is 0 Å². The van der Waals surface area contributed by atoms with E-state index in [0.717, 1.165) is 30.5 Å². The number of likely N-dealkylation sites (tertiary alicyclic amines) is 1. The van der Waals surface area contributed by atoms with Crippen LogP contribution in [0.1, 0.15) is 71.4 Å². The summed E-state index contributed by atoms with van der Waals surface area (Å²) in [6.07, 6.45) is 6.31. The fraction of sp³-hybridized carbons (Fsp3) is 0.579. The highest BCUT2D eigenvalue weighted by Crippen LogP contribution is 2.33. The lowest BCUT2D eigenvalue weighted by molar-refractivity contribution is 0.00869. The van der Waals surface area contributed by atoms with Crippen molar-refractivity contribution in [2.45, 2.75) is 65.5 Å². The minimum absolute atomic E-state index is 0.125. The van der Waals surface area contributed by atoms with E-state index in [2.05, 4.69) is 5.16 Å². The van der Waals surface area contributed by atoms with Gasteiger partial charge in [0.25, 0.3) is 0 Å². The van der Waals surface area contributed by atoms with Gasteiger partial charge in [0.05, 0.1) is 6.04 Å². The molecule has 2 heterocycles. The second kappa shape index (κ2) is 8.09. The number of carbonyl (C=O) groups is 1. The normalized spacial score (nSPS) is 19.9. The molecule has 25 heavy (non-hydrogen) atoms. The zero-order valence-electron chi connectivity index (χ0n) is 15.6. The van der Waals surface area contributed by atoms with Gasteiger partial charge in [0, 0.05) is 23.2 Å². The molecule has 5 nitrogen and oxygen atoms in total. The van der Waals surface area contributed by atoms with Crippen molar-refractivity contribution in [2.24, 2.45) is 0 Å². The van der Waals surface area contributed by atoms with Crippen molar-refractivity contribution in [1.82, 2.24) is 10.1 Å². The Kier molecular flexibility index (Phi) is 6.33. The summed E-state index contributed by atoms with van der Waals surface area (Å²) >= 11 is 5.97. The molecule has 0 saturated carbocycles. The minimum atomic E-state index is -0.519. The van der Waals surface area contributed by atoms with Gasteiger partial charge in [-0.15, -0.1) is 0 Å². The van der Waals surface area contributed by atoms with Crippen LogP contribution in [0, 0.1) is 0 Å². The topological polar surface area (TPSA) is 55.6 Å². The average Bonchev–Trinajstić information content (AvgIpc) is 3.00. The third-order valence-corrected chi connectivity index (χ3v) is 4.06. The van der Waals surface area contributed by atoms with Crippen LogP contribution in [0.25, 0.3) is 5.57 Å². The van der Waals surface area contributed by atoms with Gasteiger partial charge in [-0.3, -0.25) is 4.90 Å². The van der Waals surface area contributed by atoms with Gasteiger partial charge in [-0.1, -0.05) is 22.8 Å². The summed E-state index contributed by atoms with van der Waals surface area (Å²) in [6.45, 7) is 10.0. The van der Waals surface area contributed by atoms with Crippen LogP contribution in [0.3, 0.4) is 0 Å². The standard InChI is InChI=1S/C19H27ClN2O3/c1-6-14(11-13(2)20)17-12-15(21-25-17)16-9-7-8-10-22(16)18(23)24-19(3,4)5/h6,11-12,16H,7-10H2,1-5H3/b13-11+,14-6+. The quantitative estimate of drug-likeness (QED) is 0.645. The van der Waals surface area contributed by atoms with Gasteiger partial charge in [0.1, 0.15) is 11.3 Å². The van der Waals surface area contributed by atoms with Gasteiger partial charge >= 0.3 is 6.09 Å². The molecule has 0 spiro atoms. The lowest BCUT2D eigenvalue weighted by Crippen LogP contribution is -2.42. The Morgan fingerprint density at radius 2 is 2.16 bits per heavy atom. The molecule has 1 aromatic rings. The van der Waals surface area contributed by atoms with Crippen molar-refractivity contribution in [2.75, 3.05) is 6.54 Å². The summed E-state index contributed by atoms with van der Waals surface area (Å²) < 4.78 is 11.0. The van der Waals surface area contributed by atoms with Crippen molar-refractivity contribution in [1.29, 1.82) is 0 Å². The summed E-state index contributed by atoms with van der Waals surface area (Å²) in [5.41, 5.74) is 1.10. The molecule has 1 atom stereocenters. The van der Waals surface area contributed by atoms with Gasteiger partial charge in [-0.2, -0.15) is 0 Å². The maximum Gasteiger partial charge on any atom is 0.410 e. The number of allylic oxidation sites excluding steroid dienone is 4. The van der Waals surface area contributed by atoms with E-state index in [1.165, 1.54) is 0 Å². The number of piperidine rings is 1. The fourth-order valence-electron chi connectivity index (χ4n) is 2.87. The van der Waals surface area contributed by atoms with E-state index in [1.807, 2.05) is 52.8 Å². The van der Waals surface area contributed by atoms with E-state index < -0.39 is 5.60 Å². The van der Waals surface area contributed by atoms with Crippen molar-refractivity contribution in [3.05, 3.63) is 34.7 Å². The Morgan fingerprint density at radius 1 is 1.44 bits per heavy atom. The number of hydrogen-bond acceptors (Lipinski definition) is 4. The molecule has 0 aliphatic carbocycles. The molecule has 0 aromatic carbocycles. The van der Waals surface area contributed by atoms with Gasteiger partial charge in [-0.25, -0.2) is 4.79 Å². The van der Waals surface area contributed by atoms with E-state index in [9.17, 15) is 4.79 Å². The predicted molar refractivity (Wildman–Crippen MR) is 99.3 cm³/mol. The van der Waals surface area contributed by atoms with E-state index in [-0.39, 0.29) is 12.1 Å². The number of aromatic nitrogens is 1. The van der Waals surface area contributed by atoms with Crippen LogP contribution in [0.4, 0.5) is 4.79 Å². The molecule has 0 radical (unpaired) electrons. The van der Waals surface area contributed by atoms with Gasteiger partial charge < -0.3 is 9.26 Å². The second-order valence-electron chi connectivity index (χ2n) is 7.28. The average molecular weight is 367 g/mol. The zero-order valence-corrected chi connectivity index (χ0v) is 16.4. The van der Waals surface area contributed by atoms with Crippen LogP contribution in [-0.4, -0.2) is 28.3 Å². The molecule has 6 heteroatoms. The van der Waals surface area contributed by atoms with E-state index in [1.54, 1.807) is 4.90 Å². The Balaban J connectivity index is 2.23. The van der Waals surface area contributed by atoms with Crippen molar-refractivity contribution >= 4 is 23.3 Å². The summed E-state index contributed by atoms with van der Waals surface area (Å²) in [5.74, 6) is 0.646. The molecule has 138 valence electrons. The lowest BCUT2D eigenvalue weighted by atomic mass is 9.99. The molecule has 1 saturated heterocycles. The molecule has 1 aliphatic rings. The van der Waals surface area contributed by atoms with E-state index >= 15 is 0 Å². The molecular formula is C19H27ClN2O3. The highest BCUT2D eigenvalue weighted by Gasteiger charge is 2.33. The maximum atomic E-state index is 12.5. The zero-order chi connectivity index (χ0) is 18.6. The van der Waals surface area contributed by atoms with Gasteiger partial charge in [0.15, 0.2) is 5.76 Å². The van der Waals surface area contributed by atoms with Crippen LogP contribution >= 0.6 is 11.6 Å². The van der Waals surface area contributed by atoms with Crippen molar-refractivity contribution in [3.8, 4) is 0 Å². The number of carbonyl (C=O) groups excluding carboxylic acids is 1. The molecule has 1 aliphatic heterocycles. The number of ether oxygens (including phenoxy) is 1. The fourth-order valence-corrected chi connectivity index (χ4v) is 2.99. The summed E-state index contributed by atoms with van der Waals surface area (Å²) in [5, 5.41) is 4.87. The Labute approximate surface area is 154 Å². The van der Waals surface area contributed by atoms with Crippen molar-refractivity contribution < 1.29 is 14.1 Å². The highest BCUT2D eigenvalue weighted by molar-refractivity contribution is 6.29. The number of hydrogen-bond donors (Lipinski definition) is 0. The largest absolute Gasteiger partial charge is 0.444 e. The van der Waals surface area contributed by atoms with Crippen LogP contribution in [0.5, 0.6) is 0 Å². The molecule has 1 unspecified atom stereocenters. The second-order valence-corrected chi connectivity index (χ2v) is 7.87. The van der Waals surface area contributed by atoms with Crippen LogP contribution in [0.15, 0.2) is 27.8 Å². The number of nitrogens with zero attached hydrogens (tertiary/aromatic N) is 2. The first-order valence-corrected chi connectivity index (χ1v) is 9.06. The first-order chi connectivity index (χ1) is 11.7. The Morgan fingerprint density at radius 3 is 2.76 bits per heavy atom. The molecule has 1 aromatic heterocycles. The van der Waals surface area contributed by atoms with Gasteiger partial charge in [-0.05, 0) is 60.0 Å². The third-order valence-electron chi connectivity index (χ3n) is 3.95. The van der Waals surface area contributed by atoms with E-state index in [4.69, 9.17) is 20.9 Å². The lowest BCUT2D eigenvalue weighted by Gasteiger charge is -2.35. The first-order valence-electron chi connectivity index (χ1n) is 8.68. The van der Waals surface area contributed by atoms with Crippen LogP contribution in [0.2, 0.25) is 0 Å². The number of amides is 1. The molecule has 1 amide bonds. The van der Waals surface area contributed by atoms with E-state index in [0.29, 0.717) is 17.3 Å². The predicted octanol–water partition coefficient (Wildman–Crippen LogP) is 5.68. The summed E-state index contributed by atoms with van der Waals surface area (Å²) in [6, 6.07) is 1.76. The molecular weight excluding hydrogens is 340 g/mol. The maximum absolute atomic E-state index is 12.5. The van der Waals surface area contributed by atoms with Crippen molar-refractivity contribution in [3.63, 3.8) is 0 Å². The highest BCUT2D eigenvalue weighted by atomic mass is 35.5. The molecule has 1 fully saturated rings. The minimum Gasteiger partial charge on any atom is -0.444 e. The first kappa shape index (κ1) is 19.6. The van der Waals surface area contributed by atoms with Crippen LogP contribution in [-0.2, 0) is 4.74 Å². The summed E-state index contributed by atoms with van der Waals surface area (Å²) in [4.78, 5) is 14.3. The Bertz CT molecular complexity index is 666. The molecule has 0 N–H and O–H groups in total. The molecule has 2 rings (SSSR count). The Hall–Kier alpha value is -1.75. The smallest absolute Gasteiger partial charge is 0.410 e. The van der Waals surface area contributed by atoms with Gasteiger partial charge in [0.2, 0.25) is 0 Å². The number of rotatable bonds is 3. The summed E-state index contributed by atoms with van der Waals surface area (Å²) in [7, 11) is 0. The SMILES string of the molecule is C/C=C(\C=C(/C)Cl)c1cc(C2CCCCN2C(=O)OC(C)(C)C)no1. The third kappa shape index (κ3) is 5.36. The molecule has 0 bridgehead atoms.